The van der Waals surface area contributed by atoms with Crippen molar-refractivity contribution >= 4 is 22.0 Å². The summed E-state index contributed by atoms with van der Waals surface area (Å²) >= 11 is 0. The molecular weight excluding hydrogens is 488 g/mol. The van der Waals surface area contributed by atoms with Crippen molar-refractivity contribution in [2.45, 2.75) is 44.2 Å². The maximum Gasteiger partial charge on any atom is 0.327 e. The van der Waals surface area contributed by atoms with E-state index in [1.807, 2.05) is 37.3 Å². The van der Waals surface area contributed by atoms with Gasteiger partial charge in [-0.05, 0) is 54.9 Å². The zero-order valence-electron chi connectivity index (χ0n) is 20.6. The molecule has 0 radical (unpaired) electrons. The Hall–Kier alpha value is -2.85. The van der Waals surface area contributed by atoms with E-state index in [4.69, 9.17) is 0 Å². The standard InChI is InChI=1S/C26H31F2N3O4S/c1-17-25(19-7-5-4-6-8-19)31(26(33)29(17)2)24(32)16-23(20-13-21(27)15-22(28)14-20)18-9-11-30(12-10-18)36(3,34)35/h4-8,13-15,17-18,23,25H,9-12,16H2,1-3H3. The number of imide groups is 1. The van der Waals surface area contributed by atoms with Crippen molar-refractivity contribution < 1.29 is 26.8 Å². The van der Waals surface area contributed by atoms with Gasteiger partial charge >= 0.3 is 6.03 Å². The first kappa shape index (κ1) is 26.2. The Kier molecular flexibility index (Phi) is 7.47. The number of hydrogen-bond acceptors (Lipinski definition) is 4. The topological polar surface area (TPSA) is 78.0 Å². The van der Waals surface area contributed by atoms with Crippen LogP contribution in [0.15, 0.2) is 48.5 Å². The van der Waals surface area contributed by atoms with Crippen molar-refractivity contribution in [3.8, 4) is 0 Å². The lowest BCUT2D eigenvalue weighted by Gasteiger charge is -2.36. The lowest BCUT2D eigenvalue weighted by Crippen LogP contribution is -2.41. The van der Waals surface area contributed by atoms with Crippen LogP contribution in [0.25, 0.3) is 0 Å². The number of carbonyl (C=O) groups is 2. The number of rotatable bonds is 6. The van der Waals surface area contributed by atoms with Gasteiger partial charge in [0.15, 0.2) is 0 Å². The second-order valence-corrected chi connectivity index (χ2v) is 11.7. The van der Waals surface area contributed by atoms with Crippen LogP contribution in [0.3, 0.4) is 0 Å². The van der Waals surface area contributed by atoms with Crippen molar-refractivity contribution in [3.05, 3.63) is 71.3 Å². The summed E-state index contributed by atoms with van der Waals surface area (Å²) in [6.07, 6.45) is 1.91. The molecule has 0 spiro atoms. The highest BCUT2D eigenvalue weighted by Gasteiger charge is 2.46. The van der Waals surface area contributed by atoms with Gasteiger partial charge in [-0.1, -0.05) is 30.3 Å². The molecule has 194 valence electrons. The van der Waals surface area contributed by atoms with Gasteiger partial charge in [-0.15, -0.1) is 0 Å². The van der Waals surface area contributed by atoms with E-state index in [2.05, 4.69) is 0 Å². The average molecular weight is 520 g/mol. The lowest BCUT2D eigenvalue weighted by molar-refractivity contribution is -0.130. The zero-order valence-corrected chi connectivity index (χ0v) is 21.4. The Morgan fingerprint density at radius 2 is 1.64 bits per heavy atom. The number of likely N-dealkylation sites (N-methyl/N-ethyl adjacent to an activating group) is 1. The summed E-state index contributed by atoms with van der Waals surface area (Å²) in [4.78, 5) is 29.7. The SMILES string of the molecule is CC1C(c2ccccc2)N(C(=O)CC(c2cc(F)cc(F)c2)C2CCN(S(C)(=O)=O)CC2)C(=O)N1C. The minimum Gasteiger partial charge on any atom is -0.322 e. The average Bonchev–Trinajstić information content (AvgIpc) is 3.06. The lowest BCUT2D eigenvalue weighted by atomic mass is 9.78. The molecule has 0 aliphatic carbocycles. The third-order valence-corrected chi connectivity index (χ3v) is 8.81. The molecule has 0 N–H and O–H groups in total. The molecule has 2 saturated heterocycles. The third kappa shape index (κ3) is 5.29. The molecule has 0 aromatic heterocycles. The first-order chi connectivity index (χ1) is 17.0. The van der Waals surface area contributed by atoms with Crippen LogP contribution in [0.5, 0.6) is 0 Å². The van der Waals surface area contributed by atoms with E-state index >= 15 is 0 Å². The van der Waals surface area contributed by atoms with Crippen LogP contribution in [0.1, 0.15) is 49.3 Å². The highest BCUT2D eigenvalue weighted by Crippen LogP contribution is 2.40. The molecule has 36 heavy (non-hydrogen) atoms. The van der Waals surface area contributed by atoms with Gasteiger partial charge < -0.3 is 4.90 Å². The second kappa shape index (κ2) is 10.3. The third-order valence-electron chi connectivity index (χ3n) is 7.51. The van der Waals surface area contributed by atoms with Crippen LogP contribution in [0.2, 0.25) is 0 Å². The molecule has 4 rings (SSSR count). The normalized spacial score (nSPS) is 22.8. The fourth-order valence-electron chi connectivity index (χ4n) is 5.47. The number of urea groups is 1. The van der Waals surface area contributed by atoms with Crippen LogP contribution < -0.4 is 0 Å². The van der Waals surface area contributed by atoms with Crippen molar-refractivity contribution in [1.82, 2.24) is 14.1 Å². The molecule has 3 atom stereocenters. The number of benzene rings is 2. The highest BCUT2D eigenvalue weighted by molar-refractivity contribution is 7.88. The van der Waals surface area contributed by atoms with Crippen LogP contribution in [-0.4, -0.2) is 66.9 Å². The summed E-state index contributed by atoms with van der Waals surface area (Å²) < 4.78 is 53.7. The van der Waals surface area contributed by atoms with Crippen molar-refractivity contribution in [2.24, 2.45) is 5.92 Å². The first-order valence-corrected chi connectivity index (χ1v) is 13.9. The molecule has 3 unspecified atom stereocenters. The monoisotopic (exact) mass is 519 g/mol. The molecule has 2 aliphatic heterocycles. The fourth-order valence-corrected chi connectivity index (χ4v) is 6.35. The van der Waals surface area contributed by atoms with E-state index in [9.17, 15) is 26.8 Å². The summed E-state index contributed by atoms with van der Waals surface area (Å²) in [6.45, 7) is 2.41. The van der Waals surface area contributed by atoms with E-state index < -0.39 is 45.6 Å². The van der Waals surface area contributed by atoms with Crippen molar-refractivity contribution in [2.75, 3.05) is 26.4 Å². The predicted molar refractivity (Wildman–Crippen MR) is 132 cm³/mol. The van der Waals surface area contributed by atoms with Gasteiger partial charge in [0, 0.05) is 32.6 Å². The van der Waals surface area contributed by atoms with E-state index in [1.54, 1.807) is 7.05 Å². The van der Waals surface area contributed by atoms with Gasteiger partial charge in [-0.3, -0.25) is 9.69 Å². The first-order valence-electron chi connectivity index (χ1n) is 12.0. The molecule has 3 amide bonds. The molecule has 2 aliphatic rings. The van der Waals surface area contributed by atoms with Gasteiger partial charge in [0.2, 0.25) is 15.9 Å². The molecule has 0 saturated carbocycles. The van der Waals surface area contributed by atoms with Crippen LogP contribution >= 0.6 is 0 Å². The van der Waals surface area contributed by atoms with Crippen LogP contribution in [0, 0.1) is 17.6 Å². The van der Waals surface area contributed by atoms with E-state index in [0.717, 1.165) is 17.9 Å². The number of carbonyl (C=O) groups excluding carboxylic acids is 2. The number of piperidine rings is 1. The van der Waals surface area contributed by atoms with Gasteiger partial charge in [0.1, 0.15) is 11.6 Å². The molecule has 10 heteroatoms. The fraction of sp³-hybridized carbons (Fsp3) is 0.462. The molecule has 0 bridgehead atoms. The maximum atomic E-state index is 14.2. The molecule has 2 heterocycles. The van der Waals surface area contributed by atoms with Gasteiger partial charge in [0.25, 0.3) is 0 Å². The minimum absolute atomic E-state index is 0.123. The Morgan fingerprint density at radius 1 is 1.06 bits per heavy atom. The zero-order chi connectivity index (χ0) is 26.2. The Bertz CT molecular complexity index is 1210. The number of halogens is 2. The van der Waals surface area contributed by atoms with Crippen LogP contribution in [0.4, 0.5) is 13.6 Å². The predicted octanol–water partition coefficient (Wildman–Crippen LogP) is 4.13. The molecule has 2 aromatic rings. The summed E-state index contributed by atoms with van der Waals surface area (Å²) in [5.74, 6) is -2.68. The molecule has 2 aromatic carbocycles. The molecular formula is C26H31F2N3O4S. The quantitative estimate of drug-likeness (QED) is 0.575. The van der Waals surface area contributed by atoms with Crippen LogP contribution in [-0.2, 0) is 14.8 Å². The van der Waals surface area contributed by atoms with Gasteiger partial charge in [-0.25, -0.2) is 26.3 Å². The summed E-state index contributed by atoms with van der Waals surface area (Å²) in [6, 6.07) is 11.3. The largest absolute Gasteiger partial charge is 0.327 e. The summed E-state index contributed by atoms with van der Waals surface area (Å²) in [7, 11) is -1.71. The summed E-state index contributed by atoms with van der Waals surface area (Å²) in [5.41, 5.74) is 1.16. The van der Waals surface area contributed by atoms with Crippen molar-refractivity contribution in [3.63, 3.8) is 0 Å². The Morgan fingerprint density at radius 3 is 2.19 bits per heavy atom. The number of sulfonamides is 1. The minimum atomic E-state index is -3.36. The highest BCUT2D eigenvalue weighted by atomic mass is 32.2. The molecule has 2 fully saturated rings. The van der Waals surface area contributed by atoms with E-state index in [0.29, 0.717) is 18.4 Å². The Labute approximate surface area is 210 Å². The van der Waals surface area contributed by atoms with E-state index in [-0.39, 0.29) is 31.5 Å². The second-order valence-electron chi connectivity index (χ2n) is 9.77. The maximum absolute atomic E-state index is 14.2. The number of hydrogen-bond donors (Lipinski definition) is 0. The van der Waals surface area contributed by atoms with Crippen molar-refractivity contribution in [1.29, 1.82) is 0 Å². The number of amides is 3. The molecule has 7 nitrogen and oxygen atoms in total. The van der Waals surface area contributed by atoms with Gasteiger partial charge in [-0.2, -0.15) is 0 Å². The summed E-state index contributed by atoms with van der Waals surface area (Å²) in [5, 5.41) is 0. The number of nitrogens with zero attached hydrogens (tertiary/aromatic N) is 3. The van der Waals surface area contributed by atoms with E-state index in [1.165, 1.54) is 26.2 Å². The van der Waals surface area contributed by atoms with Gasteiger partial charge in [0.05, 0.1) is 18.3 Å². The smallest absolute Gasteiger partial charge is 0.322 e. The Balaban J connectivity index is 1.65.